The van der Waals surface area contributed by atoms with Gasteiger partial charge >= 0.3 is 12.1 Å². The van der Waals surface area contributed by atoms with Crippen LogP contribution in [0.5, 0.6) is 5.75 Å². The molecule has 0 spiro atoms. The molecule has 0 aliphatic rings. The van der Waals surface area contributed by atoms with Gasteiger partial charge in [-0.05, 0) is 78.1 Å². The van der Waals surface area contributed by atoms with E-state index in [1.54, 1.807) is 36.4 Å². The van der Waals surface area contributed by atoms with Gasteiger partial charge in [0.05, 0.1) is 11.9 Å². The third-order valence-electron chi connectivity index (χ3n) is 6.61. The van der Waals surface area contributed by atoms with Crippen LogP contribution in [0.4, 0.5) is 17.6 Å². The number of aromatic carboxylic acids is 1. The number of rotatable bonds is 7. The summed E-state index contributed by atoms with van der Waals surface area (Å²) >= 11 is 0. The van der Waals surface area contributed by atoms with Crippen molar-refractivity contribution in [1.29, 1.82) is 0 Å². The molecule has 0 atom stereocenters. The van der Waals surface area contributed by atoms with E-state index in [1.807, 2.05) is 32.0 Å². The molecule has 3 aromatic carbocycles. The zero-order chi connectivity index (χ0) is 29.3. The average Bonchev–Trinajstić information content (AvgIpc) is 3.40. The van der Waals surface area contributed by atoms with Crippen LogP contribution in [0.25, 0.3) is 28.2 Å². The highest BCUT2D eigenvalue weighted by Crippen LogP contribution is 2.35. The quantitative estimate of drug-likeness (QED) is 0.207. The van der Waals surface area contributed by atoms with Gasteiger partial charge in [-0.3, -0.25) is 0 Å². The van der Waals surface area contributed by atoms with E-state index in [2.05, 4.69) is 10.1 Å². The molecule has 0 amide bonds. The van der Waals surface area contributed by atoms with Gasteiger partial charge in [-0.25, -0.2) is 18.9 Å². The number of carboxylic acids is 1. The second-order valence-corrected chi connectivity index (χ2v) is 9.39. The lowest BCUT2D eigenvalue weighted by Crippen LogP contribution is -2.18. The molecule has 0 fully saturated rings. The van der Waals surface area contributed by atoms with Crippen LogP contribution in [0.15, 0.2) is 85.1 Å². The number of nitrogens with zero attached hydrogens (tertiary/aromatic N) is 3. The molecule has 208 valence electrons. The standard InChI is InChI=1S/C31H23F4N3O3/c1-18-14-20(23-13-12-22(32)15-19(23)2)10-11-21(18)17-41-27-8-4-3-6-24(27)26-7-5-9-28(37-26)38-29(31(33,34)35)25(16-36-38)30(39)40/h3-16H,17H2,1-2H3,(H,39,40). The van der Waals surface area contributed by atoms with Crippen molar-refractivity contribution in [3.05, 3.63) is 119 Å². The van der Waals surface area contributed by atoms with Crippen molar-refractivity contribution in [2.24, 2.45) is 0 Å². The molecule has 0 radical (unpaired) electrons. The summed E-state index contributed by atoms with van der Waals surface area (Å²) in [6.45, 7) is 4.02. The molecule has 0 unspecified atom stereocenters. The summed E-state index contributed by atoms with van der Waals surface area (Å²) in [5, 5.41) is 12.9. The lowest BCUT2D eigenvalue weighted by molar-refractivity contribution is -0.143. The molecule has 1 N–H and O–H groups in total. The normalized spacial score (nSPS) is 11.5. The van der Waals surface area contributed by atoms with Crippen molar-refractivity contribution in [2.45, 2.75) is 26.6 Å². The van der Waals surface area contributed by atoms with E-state index in [0.717, 1.165) is 27.8 Å². The topological polar surface area (TPSA) is 77.2 Å². The summed E-state index contributed by atoms with van der Waals surface area (Å²) < 4.78 is 61.4. The smallest absolute Gasteiger partial charge is 0.434 e. The maximum Gasteiger partial charge on any atom is 0.434 e. The number of pyridine rings is 1. The van der Waals surface area contributed by atoms with Gasteiger partial charge in [0.2, 0.25) is 0 Å². The van der Waals surface area contributed by atoms with Crippen LogP contribution in [0, 0.1) is 19.7 Å². The Morgan fingerprint density at radius 2 is 1.71 bits per heavy atom. The van der Waals surface area contributed by atoms with E-state index in [9.17, 15) is 27.5 Å². The molecule has 10 heteroatoms. The van der Waals surface area contributed by atoms with E-state index in [-0.39, 0.29) is 18.2 Å². The number of carboxylic acid groups (broad SMARTS) is 1. The van der Waals surface area contributed by atoms with Gasteiger partial charge in [0, 0.05) is 5.56 Å². The van der Waals surface area contributed by atoms with Gasteiger partial charge in [-0.1, -0.05) is 42.5 Å². The fourth-order valence-corrected chi connectivity index (χ4v) is 4.58. The fourth-order valence-electron chi connectivity index (χ4n) is 4.58. The van der Waals surface area contributed by atoms with E-state index in [0.29, 0.717) is 27.9 Å². The minimum Gasteiger partial charge on any atom is -0.488 e. The summed E-state index contributed by atoms with van der Waals surface area (Å²) in [6.07, 6.45) is -4.31. The summed E-state index contributed by atoms with van der Waals surface area (Å²) in [5.41, 5.74) is 3.05. The number of para-hydroxylation sites is 1. The van der Waals surface area contributed by atoms with E-state index >= 15 is 0 Å². The van der Waals surface area contributed by atoms with Gasteiger partial charge in [-0.15, -0.1) is 0 Å². The molecule has 2 heterocycles. The molecule has 0 aliphatic carbocycles. The lowest BCUT2D eigenvalue weighted by Gasteiger charge is -2.15. The van der Waals surface area contributed by atoms with Crippen LogP contribution in [0.3, 0.4) is 0 Å². The average molecular weight is 562 g/mol. The molecule has 0 aliphatic heterocycles. The van der Waals surface area contributed by atoms with Crippen LogP contribution in [-0.2, 0) is 12.8 Å². The second kappa shape index (κ2) is 10.9. The minimum atomic E-state index is -4.97. The van der Waals surface area contributed by atoms with Gasteiger partial charge in [0.15, 0.2) is 11.5 Å². The first-order chi connectivity index (χ1) is 19.5. The van der Waals surface area contributed by atoms with E-state index < -0.39 is 23.4 Å². The van der Waals surface area contributed by atoms with Crippen molar-refractivity contribution in [2.75, 3.05) is 0 Å². The monoisotopic (exact) mass is 561 g/mol. The Labute approximate surface area is 232 Å². The van der Waals surface area contributed by atoms with Crippen LogP contribution in [0.1, 0.15) is 32.7 Å². The molecule has 0 bridgehead atoms. The summed E-state index contributed by atoms with van der Waals surface area (Å²) in [4.78, 5) is 15.7. The lowest BCUT2D eigenvalue weighted by atomic mass is 9.97. The fraction of sp³-hybridized carbons (Fsp3) is 0.129. The van der Waals surface area contributed by atoms with Crippen molar-refractivity contribution in [3.63, 3.8) is 0 Å². The summed E-state index contributed by atoms with van der Waals surface area (Å²) in [6, 6.07) is 22.0. The molecular formula is C31H23F4N3O3. The van der Waals surface area contributed by atoms with Crippen LogP contribution >= 0.6 is 0 Å². The Kier molecular flexibility index (Phi) is 7.32. The number of halogens is 4. The molecule has 5 aromatic rings. The van der Waals surface area contributed by atoms with Crippen molar-refractivity contribution in [3.8, 4) is 34.0 Å². The number of hydrogen-bond donors (Lipinski definition) is 1. The molecule has 41 heavy (non-hydrogen) atoms. The Morgan fingerprint density at radius 3 is 2.41 bits per heavy atom. The van der Waals surface area contributed by atoms with E-state index in [4.69, 9.17) is 4.74 Å². The summed E-state index contributed by atoms with van der Waals surface area (Å²) in [5.74, 6) is -1.77. The Bertz CT molecular complexity index is 1760. The molecule has 0 saturated carbocycles. The van der Waals surface area contributed by atoms with Gasteiger partial charge in [0.1, 0.15) is 23.7 Å². The molecule has 5 rings (SSSR count). The van der Waals surface area contributed by atoms with Crippen molar-refractivity contribution < 1.29 is 32.2 Å². The van der Waals surface area contributed by atoms with Crippen molar-refractivity contribution in [1.82, 2.24) is 14.8 Å². The third kappa shape index (κ3) is 5.67. The maximum atomic E-state index is 13.7. The van der Waals surface area contributed by atoms with Crippen molar-refractivity contribution >= 4 is 5.97 Å². The Hall–Kier alpha value is -4.99. The zero-order valence-corrected chi connectivity index (χ0v) is 21.9. The number of carbonyl (C=O) groups is 1. The largest absolute Gasteiger partial charge is 0.488 e. The number of benzene rings is 3. The number of aromatic nitrogens is 3. The van der Waals surface area contributed by atoms with Crippen LogP contribution in [0.2, 0.25) is 0 Å². The van der Waals surface area contributed by atoms with Crippen LogP contribution < -0.4 is 4.74 Å². The number of alkyl halides is 3. The molecule has 2 aromatic heterocycles. The van der Waals surface area contributed by atoms with Gasteiger partial charge in [0.25, 0.3) is 0 Å². The predicted octanol–water partition coefficient (Wildman–Crippen LogP) is 7.65. The molecule has 0 saturated heterocycles. The molecular weight excluding hydrogens is 538 g/mol. The first-order valence-corrected chi connectivity index (χ1v) is 12.5. The Balaban J connectivity index is 1.43. The number of hydrogen-bond acceptors (Lipinski definition) is 4. The highest BCUT2D eigenvalue weighted by Gasteiger charge is 2.41. The molecule has 6 nitrogen and oxygen atoms in total. The number of ether oxygens (including phenoxy) is 1. The highest BCUT2D eigenvalue weighted by atomic mass is 19.4. The van der Waals surface area contributed by atoms with Crippen LogP contribution in [-0.4, -0.2) is 25.8 Å². The Morgan fingerprint density at radius 1 is 0.927 bits per heavy atom. The van der Waals surface area contributed by atoms with Gasteiger partial charge < -0.3 is 9.84 Å². The zero-order valence-electron chi connectivity index (χ0n) is 21.9. The third-order valence-corrected chi connectivity index (χ3v) is 6.61. The number of aryl methyl sites for hydroxylation is 2. The maximum absolute atomic E-state index is 13.7. The summed E-state index contributed by atoms with van der Waals surface area (Å²) in [7, 11) is 0. The second-order valence-electron chi connectivity index (χ2n) is 9.39. The minimum absolute atomic E-state index is 0.195. The first kappa shape index (κ1) is 27.6. The van der Waals surface area contributed by atoms with E-state index in [1.165, 1.54) is 24.3 Å². The predicted molar refractivity (Wildman–Crippen MR) is 144 cm³/mol. The van der Waals surface area contributed by atoms with Gasteiger partial charge in [-0.2, -0.15) is 18.3 Å². The first-order valence-electron chi connectivity index (χ1n) is 12.5. The highest BCUT2D eigenvalue weighted by molar-refractivity contribution is 5.89. The SMILES string of the molecule is Cc1cc(-c2ccc(F)cc2C)ccc1COc1ccccc1-c1cccc(-n2ncc(C(=O)O)c2C(F)(F)F)n1.